The van der Waals surface area contributed by atoms with Crippen LogP contribution in [0.4, 0.5) is 0 Å². The zero-order chi connectivity index (χ0) is 45.1. The van der Waals surface area contributed by atoms with Crippen LogP contribution in [0.5, 0.6) is 0 Å². The highest BCUT2D eigenvalue weighted by Gasteiger charge is 2.70. The first-order chi connectivity index (χ1) is 29.8. The molecule has 3 saturated carbocycles. The van der Waals surface area contributed by atoms with Gasteiger partial charge in [0.15, 0.2) is 30.8 Å². The van der Waals surface area contributed by atoms with Crippen molar-refractivity contribution in [1.29, 1.82) is 0 Å². The minimum Gasteiger partial charge on any atom is -0.457 e. The van der Waals surface area contributed by atoms with Gasteiger partial charge in [0.05, 0.1) is 43.7 Å². The van der Waals surface area contributed by atoms with E-state index in [1.54, 1.807) is 6.92 Å². The van der Waals surface area contributed by atoms with Crippen molar-refractivity contribution in [3.63, 3.8) is 0 Å². The summed E-state index contributed by atoms with van der Waals surface area (Å²) < 4.78 is 56.7. The number of ether oxygens (including phenoxy) is 9. The van der Waals surface area contributed by atoms with Gasteiger partial charge in [-0.2, -0.15) is 0 Å². The highest BCUT2D eigenvalue weighted by molar-refractivity contribution is 5.66. The van der Waals surface area contributed by atoms with Crippen molar-refractivity contribution < 1.29 is 83.2 Å². The molecule has 5 aliphatic heterocycles. The lowest BCUT2D eigenvalue weighted by atomic mass is 9.46. The molecule has 5 saturated heterocycles. The SMILES string of the molecule is CC(=O)O[C@H]1[C@@H](O)[C@H](O[C@@H]2[C@H](O)[C@H](C)O[C@@H](O[C@H]3C[C@H](O)CC4=CC[C@@H]5[C@H]6C[C@H]7O[C@]8(CC[C@H](C)CO8)[C@H](C)[C@H]7[C@@]6(C)CC[C@H]5[C@]43C)[C@@H]2O[C@@H]2O[C@H](C)[C@@H](O)[C@H](O)[C@@H]2O)OC[C@H]1O. The number of carbonyl (C=O) groups is 1. The molecule has 4 aliphatic carbocycles. The fourth-order valence-electron chi connectivity index (χ4n) is 14.1. The molecule has 17 nitrogen and oxygen atoms in total. The van der Waals surface area contributed by atoms with E-state index >= 15 is 0 Å². The van der Waals surface area contributed by atoms with E-state index in [0.717, 1.165) is 57.6 Å². The molecule has 63 heavy (non-hydrogen) atoms. The number of aliphatic hydroxyl groups excluding tert-OH is 7. The molecular weight excluding hydrogens is 824 g/mol. The van der Waals surface area contributed by atoms with Crippen molar-refractivity contribution in [2.24, 2.45) is 46.3 Å². The first-order valence-corrected chi connectivity index (χ1v) is 23.6. The second-order valence-electron chi connectivity index (χ2n) is 21.3. The predicted octanol–water partition coefficient (Wildman–Crippen LogP) is 1.42. The molecule has 0 unspecified atom stereocenters. The Morgan fingerprint density at radius 2 is 1.46 bits per heavy atom. The number of hydrogen-bond acceptors (Lipinski definition) is 17. The number of aliphatic hydroxyl groups is 7. The molecule has 9 aliphatic rings. The Bertz CT molecular complexity index is 1690. The highest BCUT2D eigenvalue weighted by Crippen LogP contribution is 2.71. The Balaban J connectivity index is 1.01. The minimum absolute atomic E-state index is 0.0569. The summed E-state index contributed by atoms with van der Waals surface area (Å²) in [7, 11) is 0. The van der Waals surface area contributed by atoms with E-state index in [-0.39, 0.29) is 36.4 Å². The van der Waals surface area contributed by atoms with Crippen LogP contribution in [-0.4, -0.2) is 165 Å². The number of esters is 1. The average Bonchev–Trinajstić information content (AvgIpc) is 3.68. The van der Waals surface area contributed by atoms with Gasteiger partial charge in [-0.1, -0.05) is 39.3 Å². The van der Waals surface area contributed by atoms with E-state index in [9.17, 15) is 40.5 Å². The molecule has 9 rings (SSSR count). The second-order valence-corrected chi connectivity index (χ2v) is 21.3. The van der Waals surface area contributed by atoms with Crippen molar-refractivity contribution in [1.82, 2.24) is 0 Å². The molecule has 7 N–H and O–H groups in total. The van der Waals surface area contributed by atoms with Crippen molar-refractivity contribution in [3.8, 4) is 0 Å². The smallest absolute Gasteiger partial charge is 0.303 e. The molecular formula is C46H72O17. The maximum Gasteiger partial charge on any atom is 0.303 e. The second kappa shape index (κ2) is 17.3. The molecule has 0 bridgehead atoms. The lowest BCUT2D eigenvalue weighted by Crippen LogP contribution is -2.66. The standard InChI is InChI=1S/C46H72O17/c1-19-10-13-46(56-17-19)20(2)32-30(63-46)16-28-26-9-8-24-14-25(48)15-31(45(24,7)27(26)11-12-44(28,32)6)60-43-40(62-42-36(53)35(52)33(50)21(3)57-42)39(34(51)22(4)58-43)61-41-37(54)38(59-23(5)47)29(49)18-55-41/h8,19-22,25-43,48-54H,9-18H2,1-7H3/t19-,20+,21+,22-,25+,26-,27+,28+,29+,30+,31-,32+,33+,34+,35-,36-,37+,38+,39+,40+,41-,42-,43-,44-,45-,46+/m0/s1. The maximum absolute atomic E-state index is 11.9. The summed E-state index contributed by atoms with van der Waals surface area (Å²) in [5, 5.41) is 77.5. The molecule has 5 heterocycles. The molecule has 0 aromatic heterocycles. The van der Waals surface area contributed by atoms with Crippen LogP contribution in [0, 0.1) is 46.3 Å². The molecule has 0 radical (unpaired) electrons. The Morgan fingerprint density at radius 1 is 0.746 bits per heavy atom. The first kappa shape index (κ1) is 46.7. The zero-order valence-electron chi connectivity index (χ0n) is 37.6. The van der Waals surface area contributed by atoms with E-state index in [1.807, 2.05) is 0 Å². The number of allylic oxidation sites excluding steroid dienone is 1. The minimum atomic E-state index is -1.74. The van der Waals surface area contributed by atoms with Crippen LogP contribution in [0.3, 0.4) is 0 Å². The van der Waals surface area contributed by atoms with Gasteiger partial charge in [0.1, 0.15) is 48.8 Å². The summed E-state index contributed by atoms with van der Waals surface area (Å²) in [6.07, 6.45) is -12.2. The molecule has 0 amide bonds. The first-order valence-electron chi connectivity index (χ1n) is 23.6. The van der Waals surface area contributed by atoms with Crippen molar-refractivity contribution in [2.75, 3.05) is 13.2 Å². The Labute approximate surface area is 369 Å². The summed E-state index contributed by atoms with van der Waals surface area (Å²) in [6, 6.07) is 0. The number of rotatable bonds is 7. The van der Waals surface area contributed by atoms with E-state index in [4.69, 9.17) is 42.6 Å². The normalized spacial score (nSPS) is 56.8. The number of fused-ring (bicyclic) bond motifs is 7. The van der Waals surface area contributed by atoms with Gasteiger partial charge in [-0.3, -0.25) is 4.79 Å². The van der Waals surface area contributed by atoms with Crippen LogP contribution in [0.1, 0.15) is 99.8 Å². The highest BCUT2D eigenvalue weighted by atomic mass is 16.8. The summed E-state index contributed by atoms with van der Waals surface area (Å²) in [6.45, 7) is 13.9. The molecule has 26 atom stereocenters. The van der Waals surface area contributed by atoms with Gasteiger partial charge in [0.2, 0.25) is 0 Å². The van der Waals surface area contributed by atoms with Crippen molar-refractivity contribution in [2.45, 2.75) is 210 Å². The lowest BCUT2D eigenvalue weighted by molar-refractivity contribution is -0.391. The summed E-state index contributed by atoms with van der Waals surface area (Å²) in [4.78, 5) is 11.9. The van der Waals surface area contributed by atoms with Gasteiger partial charge in [0, 0.05) is 31.1 Å². The molecule has 17 heteroatoms. The molecule has 8 fully saturated rings. The zero-order valence-corrected chi connectivity index (χ0v) is 37.6. The lowest BCUT2D eigenvalue weighted by Gasteiger charge is -2.60. The van der Waals surface area contributed by atoms with Gasteiger partial charge in [0.25, 0.3) is 0 Å². The van der Waals surface area contributed by atoms with Gasteiger partial charge in [-0.05, 0) is 87.4 Å². The Hall–Kier alpha value is -1.39. The van der Waals surface area contributed by atoms with Crippen LogP contribution in [0.15, 0.2) is 11.6 Å². The predicted molar refractivity (Wildman–Crippen MR) is 218 cm³/mol. The number of hydrogen-bond donors (Lipinski definition) is 7. The third-order valence-corrected chi connectivity index (χ3v) is 17.6. The monoisotopic (exact) mass is 896 g/mol. The molecule has 358 valence electrons. The van der Waals surface area contributed by atoms with Gasteiger partial charge >= 0.3 is 5.97 Å². The molecule has 0 aromatic rings. The maximum atomic E-state index is 11.9. The van der Waals surface area contributed by atoms with Gasteiger partial charge in [-0.15, -0.1) is 0 Å². The number of carbonyl (C=O) groups excluding carboxylic acids is 1. The van der Waals surface area contributed by atoms with Gasteiger partial charge < -0.3 is 78.4 Å². The van der Waals surface area contributed by atoms with Crippen molar-refractivity contribution in [3.05, 3.63) is 11.6 Å². The molecule has 1 spiro atoms. The van der Waals surface area contributed by atoms with Crippen molar-refractivity contribution >= 4 is 5.97 Å². The van der Waals surface area contributed by atoms with Crippen LogP contribution in [0.25, 0.3) is 0 Å². The summed E-state index contributed by atoms with van der Waals surface area (Å²) in [5.74, 6) is 0.844. The van der Waals surface area contributed by atoms with E-state index in [1.165, 1.54) is 6.92 Å². The van der Waals surface area contributed by atoms with Crippen LogP contribution >= 0.6 is 0 Å². The Morgan fingerprint density at radius 3 is 2.17 bits per heavy atom. The Kier molecular flexibility index (Phi) is 12.8. The summed E-state index contributed by atoms with van der Waals surface area (Å²) in [5.41, 5.74) is 0.635. The van der Waals surface area contributed by atoms with Crippen LogP contribution < -0.4 is 0 Å². The van der Waals surface area contributed by atoms with Crippen LogP contribution in [0.2, 0.25) is 0 Å². The third kappa shape index (κ3) is 7.78. The third-order valence-electron chi connectivity index (χ3n) is 17.6. The van der Waals surface area contributed by atoms with Gasteiger partial charge in [-0.25, -0.2) is 0 Å². The van der Waals surface area contributed by atoms with E-state index in [0.29, 0.717) is 30.1 Å². The van der Waals surface area contributed by atoms with E-state index in [2.05, 4.69) is 33.8 Å². The quantitative estimate of drug-likeness (QED) is 0.141. The average molecular weight is 897 g/mol. The summed E-state index contributed by atoms with van der Waals surface area (Å²) >= 11 is 0. The molecule has 0 aromatic carbocycles. The fourth-order valence-corrected chi connectivity index (χ4v) is 14.1. The topological polar surface area (TPSA) is 242 Å². The largest absolute Gasteiger partial charge is 0.457 e. The van der Waals surface area contributed by atoms with E-state index < -0.39 is 115 Å². The van der Waals surface area contributed by atoms with Crippen LogP contribution in [-0.2, 0) is 47.4 Å². The fraction of sp³-hybridized carbons (Fsp3) is 0.935.